The van der Waals surface area contributed by atoms with Crippen molar-refractivity contribution in [3.8, 4) is 5.75 Å². The summed E-state index contributed by atoms with van der Waals surface area (Å²) in [7, 11) is 0. The molecule has 4 heteroatoms. The van der Waals surface area contributed by atoms with Gasteiger partial charge in [-0.05, 0) is 36.6 Å². The van der Waals surface area contributed by atoms with Gasteiger partial charge in [0.05, 0.1) is 5.56 Å². The Kier molecular flexibility index (Phi) is 4.64. The number of carbonyl (C=O) groups excluding carboxylic acids is 1. The smallest absolute Gasteiger partial charge is 0.257 e. The highest BCUT2D eigenvalue weighted by Crippen LogP contribution is 2.26. The molecule has 0 bridgehead atoms. The molecule has 1 amide bonds. The minimum atomic E-state index is 0.00283. The van der Waals surface area contributed by atoms with E-state index < -0.39 is 0 Å². The second-order valence-corrected chi connectivity index (χ2v) is 5.85. The third-order valence-corrected chi connectivity index (χ3v) is 4.04. The molecule has 1 aliphatic rings. The Hall–Kier alpha value is -2.00. The molecular weight excluding hydrogens is 298 g/mol. The van der Waals surface area contributed by atoms with Gasteiger partial charge in [-0.2, -0.15) is 0 Å². The molecule has 1 heterocycles. The number of ether oxygens (including phenoxy) is 1. The van der Waals surface area contributed by atoms with Gasteiger partial charge in [0.15, 0.2) is 0 Å². The first-order valence-corrected chi connectivity index (χ1v) is 7.87. The molecule has 2 aromatic rings. The summed E-state index contributed by atoms with van der Waals surface area (Å²) in [5, 5.41) is 0.551. The lowest BCUT2D eigenvalue weighted by Crippen LogP contribution is -2.28. The lowest BCUT2D eigenvalue weighted by Gasteiger charge is -2.18. The zero-order valence-corrected chi connectivity index (χ0v) is 13.1. The molecule has 0 saturated carbocycles. The van der Waals surface area contributed by atoms with Gasteiger partial charge in [0.1, 0.15) is 12.4 Å². The van der Waals surface area contributed by atoms with E-state index in [0.717, 1.165) is 31.5 Å². The molecule has 0 atom stereocenters. The minimum absolute atomic E-state index is 0.00283. The Bertz CT molecular complexity index is 651. The van der Waals surface area contributed by atoms with Crippen molar-refractivity contribution in [2.45, 2.75) is 19.4 Å². The average molecular weight is 316 g/mol. The molecule has 0 spiro atoms. The van der Waals surface area contributed by atoms with Gasteiger partial charge in [-0.25, -0.2) is 0 Å². The molecule has 1 aliphatic heterocycles. The van der Waals surface area contributed by atoms with Gasteiger partial charge in [0.25, 0.3) is 5.91 Å². The van der Waals surface area contributed by atoms with Crippen LogP contribution in [0.5, 0.6) is 5.75 Å². The third kappa shape index (κ3) is 3.42. The zero-order valence-electron chi connectivity index (χ0n) is 12.3. The number of halogens is 1. The lowest BCUT2D eigenvalue weighted by atomic mass is 10.1. The molecule has 0 aliphatic carbocycles. The predicted molar refractivity (Wildman–Crippen MR) is 87.4 cm³/mol. The highest BCUT2D eigenvalue weighted by molar-refractivity contribution is 6.31. The van der Waals surface area contributed by atoms with Crippen molar-refractivity contribution in [3.05, 3.63) is 64.7 Å². The molecule has 0 N–H and O–H groups in total. The number of carbonyl (C=O) groups is 1. The van der Waals surface area contributed by atoms with Crippen LogP contribution in [0, 0.1) is 0 Å². The second-order valence-electron chi connectivity index (χ2n) is 5.41. The summed E-state index contributed by atoms with van der Waals surface area (Å²) in [6, 6.07) is 15.1. The first kappa shape index (κ1) is 14.9. The van der Waals surface area contributed by atoms with Crippen LogP contribution < -0.4 is 4.74 Å². The van der Waals surface area contributed by atoms with Crippen molar-refractivity contribution in [1.82, 2.24) is 4.90 Å². The molecule has 22 heavy (non-hydrogen) atoms. The minimum Gasteiger partial charge on any atom is -0.488 e. The molecular formula is C18H18ClNO2. The molecule has 0 radical (unpaired) electrons. The van der Waals surface area contributed by atoms with E-state index in [1.165, 1.54) is 0 Å². The van der Waals surface area contributed by atoms with Crippen LogP contribution in [0.15, 0.2) is 48.5 Å². The number of nitrogens with zero attached hydrogens (tertiary/aromatic N) is 1. The van der Waals surface area contributed by atoms with Crippen LogP contribution in [0.4, 0.5) is 0 Å². The van der Waals surface area contributed by atoms with Crippen LogP contribution in [0.3, 0.4) is 0 Å². The van der Waals surface area contributed by atoms with Crippen molar-refractivity contribution in [3.63, 3.8) is 0 Å². The summed E-state index contributed by atoms with van der Waals surface area (Å²) in [5.74, 6) is 0.591. The topological polar surface area (TPSA) is 29.5 Å². The maximum Gasteiger partial charge on any atom is 0.257 e. The number of amides is 1. The van der Waals surface area contributed by atoms with Gasteiger partial charge in [0.2, 0.25) is 0 Å². The summed E-state index contributed by atoms with van der Waals surface area (Å²) in [6.45, 7) is 2.05. The Morgan fingerprint density at radius 2 is 1.82 bits per heavy atom. The van der Waals surface area contributed by atoms with Gasteiger partial charge >= 0.3 is 0 Å². The van der Waals surface area contributed by atoms with Gasteiger partial charge in [0, 0.05) is 18.1 Å². The van der Waals surface area contributed by atoms with Gasteiger partial charge in [-0.15, -0.1) is 0 Å². The molecule has 114 valence electrons. The lowest BCUT2D eigenvalue weighted by molar-refractivity contribution is 0.0788. The summed E-state index contributed by atoms with van der Waals surface area (Å²) < 4.78 is 5.85. The molecule has 1 saturated heterocycles. The third-order valence-electron chi connectivity index (χ3n) is 3.80. The fourth-order valence-corrected chi connectivity index (χ4v) is 2.79. The number of likely N-dealkylation sites (tertiary alicyclic amines) is 1. The van der Waals surface area contributed by atoms with E-state index in [1.54, 1.807) is 18.2 Å². The van der Waals surface area contributed by atoms with Crippen LogP contribution >= 0.6 is 11.6 Å². The van der Waals surface area contributed by atoms with Gasteiger partial charge < -0.3 is 9.64 Å². The van der Waals surface area contributed by atoms with Crippen LogP contribution in [-0.4, -0.2) is 23.9 Å². The van der Waals surface area contributed by atoms with Gasteiger partial charge in [-0.1, -0.05) is 41.9 Å². The Balaban J connectivity index is 1.79. The Labute approximate surface area is 135 Å². The van der Waals surface area contributed by atoms with Crippen molar-refractivity contribution in [2.75, 3.05) is 13.1 Å². The fourth-order valence-electron chi connectivity index (χ4n) is 2.62. The summed E-state index contributed by atoms with van der Waals surface area (Å²) in [4.78, 5) is 14.5. The summed E-state index contributed by atoms with van der Waals surface area (Å²) in [5.41, 5.74) is 1.61. The highest BCUT2D eigenvalue weighted by atomic mass is 35.5. The highest BCUT2D eigenvalue weighted by Gasteiger charge is 2.22. The van der Waals surface area contributed by atoms with E-state index in [-0.39, 0.29) is 5.91 Å². The largest absolute Gasteiger partial charge is 0.488 e. The summed E-state index contributed by atoms with van der Waals surface area (Å²) >= 11 is 6.06. The van der Waals surface area contributed by atoms with Crippen molar-refractivity contribution in [2.24, 2.45) is 0 Å². The van der Waals surface area contributed by atoms with E-state index in [9.17, 15) is 4.79 Å². The average Bonchev–Trinajstić information content (AvgIpc) is 3.08. The van der Waals surface area contributed by atoms with E-state index in [2.05, 4.69) is 0 Å². The fraction of sp³-hybridized carbons (Fsp3) is 0.278. The SMILES string of the molecule is O=C(c1cc(Cl)ccc1OCc1ccccc1)N1CCCC1. The van der Waals surface area contributed by atoms with Crippen molar-refractivity contribution >= 4 is 17.5 Å². The van der Waals surface area contributed by atoms with Crippen molar-refractivity contribution in [1.29, 1.82) is 0 Å². The molecule has 3 nitrogen and oxygen atoms in total. The number of hydrogen-bond donors (Lipinski definition) is 0. The van der Waals surface area contributed by atoms with Crippen LogP contribution in [0.2, 0.25) is 5.02 Å². The van der Waals surface area contributed by atoms with E-state index in [0.29, 0.717) is 22.9 Å². The van der Waals surface area contributed by atoms with Crippen LogP contribution in [0.1, 0.15) is 28.8 Å². The molecule has 0 aromatic heterocycles. The Morgan fingerprint density at radius 3 is 2.55 bits per heavy atom. The van der Waals surface area contributed by atoms with E-state index in [4.69, 9.17) is 16.3 Å². The first-order chi connectivity index (χ1) is 10.7. The zero-order chi connectivity index (χ0) is 15.4. The maximum atomic E-state index is 12.6. The quantitative estimate of drug-likeness (QED) is 0.848. The predicted octanol–water partition coefficient (Wildman–Crippen LogP) is 4.16. The van der Waals surface area contributed by atoms with Crippen LogP contribution in [0.25, 0.3) is 0 Å². The number of rotatable bonds is 4. The first-order valence-electron chi connectivity index (χ1n) is 7.49. The monoisotopic (exact) mass is 315 g/mol. The molecule has 0 unspecified atom stereocenters. The standard InChI is InChI=1S/C18H18ClNO2/c19-15-8-9-17(22-13-14-6-2-1-3-7-14)16(12-15)18(21)20-10-4-5-11-20/h1-3,6-9,12H,4-5,10-11,13H2. The molecule has 1 fully saturated rings. The second kappa shape index (κ2) is 6.84. The van der Waals surface area contributed by atoms with E-state index in [1.807, 2.05) is 35.2 Å². The summed E-state index contributed by atoms with van der Waals surface area (Å²) in [6.07, 6.45) is 2.12. The normalized spacial score (nSPS) is 14.1. The van der Waals surface area contributed by atoms with Crippen LogP contribution in [-0.2, 0) is 6.61 Å². The van der Waals surface area contributed by atoms with Crippen molar-refractivity contribution < 1.29 is 9.53 Å². The maximum absolute atomic E-state index is 12.6. The molecule has 2 aromatic carbocycles. The molecule has 3 rings (SSSR count). The van der Waals surface area contributed by atoms with E-state index >= 15 is 0 Å². The number of hydrogen-bond acceptors (Lipinski definition) is 2. The Morgan fingerprint density at radius 1 is 1.09 bits per heavy atom. The van der Waals surface area contributed by atoms with Gasteiger partial charge in [-0.3, -0.25) is 4.79 Å². The number of benzene rings is 2.